The molecule has 17 heavy (non-hydrogen) atoms. The van der Waals surface area contributed by atoms with Crippen LogP contribution in [0.25, 0.3) is 0 Å². The Bertz CT molecular complexity index is 304. The molecule has 1 fully saturated rings. The third kappa shape index (κ3) is 2.87. The van der Waals surface area contributed by atoms with Crippen LogP contribution in [-0.4, -0.2) is 24.0 Å². The predicted molar refractivity (Wildman–Crippen MR) is 50.6 cm³/mol. The van der Waals surface area contributed by atoms with Gasteiger partial charge in [-0.3, -0.25) is 4.79 Å². The zero-order chi connectivity index (χ0) is 13.5. The SMILES string of the molecule is CCC1(C(C)NC(=O)C(F)(F)F)CC(F)(F)C1. The van der Waals surface area contributed by atoms with Crippen molar-refractivity contribution in [2.45, 2.75) is 51.3 Å². The van der Waals surface area contributed by atoms with Crippen molar-refractivity contribution in [2.75, 3.05) is 0 Å². The minimum atomic E-state index is -4.98. The van der Waals surface area contributed by atoms with E-state index in [1.807, 2.05) is 0 Å². The van der Waals surface area contributed by atoms with Gasteiger partial charge >= 0.3 is 12.1 Å². The van der Waals surface area contributed by atoms with Crippen molar-refractivity contribution in [3.63, 3.8) is 0 Å². The van der Waals surface area contributed by atoms with E-state index in [9.17, 15) is 26.7 Å². The lowest BCUT2D eigenvalue weighted by Gasteiger charge is -2.50. The second-order valence-electron chi connectivity index (χ2n) is 4.62. The first-order valence-corrected chi connectivity index (χ1v) is 5.28. The van der Waals surface area contributed by atoms with E-state index in [4.69, 9.17) is 0 Å². The summed E-state index contributed by atoms with van der Waals surface area (Å²) in [5, 5.41) is 1.75. The molecule has 0 saturated heterocycles. The van der Waals surface area contributed by atoms with E-state index < -0.39 is 42.3 Å². The van der Waals surface area contributed by atoms with Crippen LogP contribution in [0.15, 0.2) is 0 Å². The van der Waals surface area contributed by atoms with Crippen LogP contribution in [0.1, 0.15) is 33.1 Å². The zero-order valence-electron chi connectivity index (χ0n) is 9.50. The fourth-order valence-electron chi connectivity index (χ4n) is 2.27. The standard InChI is InChI=1S/C10H14F5NO/c1-3-8(4-9(11,12)5-8)6(2)16-7(17)10(13,14)15/h6H,3-5H2,1-2H3,(H,16,17). The number of rotatable bonds is 3. The van der Waals surface area contributed by atoms with Crippen LogP contribution in [0.2, 0.25) is 0 Å². The van der Waals surface area contributed by atoms with Crippen molar-refractivity contribution in [2.24, 2.45) is 5.41 Å². The normalized spacial score (nSPS) is 23.7. The molecule has 0 aromatic rings. The maximum absolute atomic E-state index is 12.8. The highest BCUT2D eigenvalue weighted by Crippen LogP contribution is 2.55. The molecule has 0 bridgehead atoms. The first-order chi connectivity index (χ1) is 7.52. The lowest BCUT2D eigenvalue weighted by molar-refractivity contribution is -0.188. The monoisotopic (exact) mass is 259 g/mol. The van der Waals surface area contributed by atoms with Gasteiger partial charge in [0.1, 0.15) is 0 Å². The molecule has 0 aromatic carbocycles. The van der Waals surface area contributed by atoms with Crippen LogP contribution in [0.5, 0.6) is 0 Å². The number of carbonyl (C=O) groups is 1. The molecule has 1 N–H and O–H groups in total. The van der Waals surface area contributed by atoms with Gasteiger partial charge in [0.2, 0.25) is 5.92 Å². The number of halogens is 5. The largest absolute Gasteiger partial charge is 0.471 e. The highest BCUT2D eigenvalue weighted by atomic mass is 19.4. The fraction of sp³-hybridized carbons (Fsp3) is 0.900. The van der Waals surface area contributed by atoms with Crippen molar-refractivity contribution in [3.05, 3.63) is 0 Å². The summed E-state index contributed by atoms with van der Waals surface area (Å²) in [6.07, 6.45) is -5.62. The molecule has 0 heterocycles. The molecular weight excluding hydrogens is 245 g/mol. The number of carbonyl (C=O) groups excluding carboxylic acids is 1. The van der Waals surface area contributed by atoms with Crippen molar-refractivity contribution < 1.29 is 26.7 Å². The number of hydrogen-bond acceptors (Lipinski definition) is 1. The van der Waals surface area contributed by atoms with Crippen LogP contribution >= 0.6 is 0 Å². The molecule has 2 nitrogen and oxygen atoms in total. The van der Waals surface area contributed by atoms with Gasteiger partial charge in [-0.05, 0) is 13.3 Å². The summed E-state index contributed by atoms with van der Waals surface area (Å²) >= 11 is 0. The van der Waals surface area contributed by atoms with Gasteiger partial charge in [-0.2, -0.15) is 13.2 Å². The number of alkyl halides is 5. The second-order valence-corrected chi connectivity index (χ2v) is 4.62. The van der Waals surface area contributed by atoms with Crippen molar-refractivity contribution >= 4 is 5.91 Å². The van der Waals surface area contributed by atoms with E-state index in [1.54, 1.807) is 12.2 Å². The zero-order valence-corrected chi connectivity index (χ0v) is 9.50. The quantitative estimate of drug-likeness (QED) is 0.776. The summed E-state index contributed by atoms with van der Waals surface area (Å²) < 4.78 is 61.7. The Morgan fingerprint density at radius 2 is 1.82 bits per heavy atom. The average molecular weight is 259 g/mol. The molecule has 1 aliphatic rings. The van der Waals surface area contributed by atoms with Crippen LogP contribution in [0, 0.1) is 5.41 Å². The van der Waals surface area contributed by atoms with Gasteiger partial charge in [-0.15, -0.1) is 0 Å². The molecule has 1 aliphatic carbocycles. The molecule has 0 aromatic heterocycles. The van der Waals surface area contributed by atoms with Gasteiger partial charge in [-0.25, -0.2) is 8.78 Å². The molecule has 0 aliphatic heterocycles. The summed E-state index contributed by atoms with van der Waals surface area (Å²) in [7, 11) is 0. The first kappa shape index (κ1) is 14.2. The van der Waals surface area contributed by atoms with E-state index in [-0.39, 0.29) is 0 Å². The molecular formula is C10H14F5NO. The molecule has 1 rings (SSSR count). The number of nitrogens with one attached hydrogen (secondary N) is 1. The summed E-state index contributed by atoms with van der Waals surface area (Å²) in [6.45, 7) is 2.97. The number of amides is 1. The fourth-order valence-corrected chi connectivity index (χ4v) is 2.27. The third-order valence-electron chi connectivity index (χ3n) is 3.45. The molecule has 1 amide bonds. The lowest BCUT2D eigenvalue weighted by atomic mass is 9.60. The van der Waals surface area contributed by atoms with Gasteiger partial charge in [-0.1, -0.05) is 6.92 Å². The number of hydrogen-bond donors (Lipinski definition) is 1. The third-order valence-corrected chi connectivity index (χ3v) is 3.45. The molecule has 1 saturated carbocycles. The maximum atomic E-state index is 12.8. The lowest BCUT2D eigenvalue weighted by Crippen LogP contribution is -2.58. The Morgan fingerprint density at radius 3 is 2.12 bits per heavy atom. The Hall–Kier alpha value is -0.880. The highest BCUT2D eigenvalue weighted by molar-refractivity contribution is 5.82. The molecule has 1 atom stereocenters. The van der Waals surface area contributed by atoms with Crippen molar-refractivity contribution in [1.29, 1.82) is 0 Å². The van der Waals surface area contributed by atoms with Crippen LogP contribution in [0.4, 0.5) is 22.0 Å². The Morgan fingerprint density at radius 1 is 1.35 bits per heavy atom. The first-order valence-electron chi connectivity index (χ1n) is 5.28. The van der Waals surface area contributed by atoms with Crippen LogP contribution in [-0.2, 0) is 4.79 Å². The van der Waals surface area contributed by atoms with Gasteiger partial charge in [0.25, 0.3) is 0 Å². The molecule has 1 unspecified atom stereocenters. The van der Waals surface area contributed by atoms with E-state index in [2.05, 4.69) is 0 Å². The molecule has 100 valence electrons. The van der Waals surface area contributed by atoms with E-state index >= 15 is 0 Å². The maximum Gasteiger partial charge on any atom is 0.471 e. The van der Waals surface area contributed by atoms with Crippen molar-refractivity contribution in [3.8, 4) is 0 Å². The molecule has 7 heteroatoms. The summed E-state index contributed by atoms with van der Waals surface area (Å²) in [5.74, 6) is -4.90. The van der Waals surface area contributed by atoms with E-state index in [1.165, 1.54) is 6.92 Å². The summed E-state index contributed by atoms with van der Waals surface area (Å²) in [4.78, 5) is 10.7. The van der Waals surface area contributed by atoms with Gasteiger partial charge in [0.05, 0.1) is 0 Å². The molecule has 0 radical (unpaired) electrons. The van der Waals surface area contributed by atoms with Gasteiger partial charge in [0.15, 0.2) is 0 Å². The highest BCUT2D eigenvalue weighted by Gasteiger charge is 2.58. The smallest absolute Gasteiger partial charge is 0.345 e. The predicted octanol–water partition coefficient (Wildman–Crippen LogP) is 2.88. The van der Waals surface area contributed by atoms with Crippen LogP contribution < -0.4 is 5.32 Å². The second kappa shape index (κ2) is 4.10. The van der Waals surface area contributed by atoms with E-state index in [0.29, 0.717) is 6.42 Å². The minimum absolute atomic E-state index is 0.307. The molecule has 0 spiro atoms. The topological polar surface area (TPSA) is 29.1 Å². The summed E-state index contributed by atoms with van der Waals surface area (Å²) in [6, 6.07) is -0.916. The van der Waals surface area contributed by atoms with Gasteiger partial charge < -0.3 is 5.32 Å². The van der Waals surface area contributed by atoms with Gasteiger partial charge in [0, 0.05) is 24.3 Å². The van der Waals surface area contributed by atoms with Crippen molar-refractivity contribution in [1.82, 2.24) is 5.32 Å². The Balaban J connectivity index is 2.64. The Kier molecular flexibility index (Phi) is 3.42. The Labute approximate surface area is 95.6 Å². The van der Waals surface area contributed by atoms with Crippen LogP contribution in [0.3, 0.4) is 0 Å². The average Bonchev–Trinajstić information content (AvgIpc) is 2.11. The summed E-state index contributed by atoms with van der Waals surface area (Å²) in [5.41, 5.74) is -0.926. The van der Waals surface area contributed by atoms with E-state index in [0.717, 1.165) is 0 Å². The minimum Gasteiger partial charge on any atom is -0.345 e.